The van der Waals surface area contributed by atoms with Crippen LogP contribution in [0.1, 0.15) is 36.9 Å². The first-order valence-electron chi connectivity index (χ1n) is 10.8. The molecule has 164 valence electrons. The molecule has 0 saturated carbocycles. The number of anilines is 2. The lowest BCUT2D eigenvalue weighted by Gasteiger charge is -2.37. The second-order valence-corrected chi connectivity index (χ2v) is 9.62. The van der Waals surface area contributed by atoms with Crippen molar-refractivity contribution in [3.8, 4) is 5.82 Å². The average molecular weight is 446 g/mol. The molecule has 1 atom stereocenters. The molecule has 1 unspecified atom stereocenters. The van der Waals surface area contributed by atoms with E-state index in [9.17, 15) is 5.11 Å². The molecule has 32 heavy (non-hydrogen) atoms. The summed E-state index contributed by atoms with van der Waals surface area (Å²) in [5.74, 6) is 0.962. The van der Waals surface area contributed by atoms with Crippen LogP contribution in [0, 0.1) is 0 Å². The molecule has 0 amide bonds. The predicted octanol–water partition coefficient (Wildman–Crippen LogP) is 4.93. The first-order valence-corrected chi connectivity index (χ1v) is 11.7. The predicted molar refractivity (Wildman–Crippen MR) is 131 cm³/mol. The lowest BCUT2D eigenvalue weighted by Crippen LogP contribution is -2.43. The summed E-state index contributed by atoms with van der Waals surface area (Å²) in [5.41, 5.74) is 3.67. The molecule has 7 heteroatoms. The highest BCUT2D eigenvalue weighted by molar-refractivity contribution is 8.03. The summed E-state index contributed by atoms with van der Waals surface area (Å²) in [4.78, 5) is 8.10. The van der Waals surface area contributed by atoms with Gasteiger partial charge in [0.05, 0.1) is 33.9 Å². The van der Waals surface area contributed by atoms with Gasteiger partial charge in [0.1, 0.15) is 0 Å². The van der Waals surface area contributed by atoms with Crippen molar-refractivity contribution in [1.29, 1.82) is 0 Å². The molecule has 6 nitrogen and oxygen atoms in total. The first kappa shape index (κ1) is 20.8. The largest absolute Gasteiger partial charge is 0.386 e. The number of hydrogen-bond acceptors (Lipinski definition) is 6. The normalized spacial score (nSPS) is 18.2. The van der Waals surface area contributed by atoms with E-state index in [0.29, 0.717) is 12.8 Å². The van der Waals surface area contributed by atoms with E-state index in [-0.39, 0.29) is 5.92 Å². The summed E-state index contributed by atoms with van der Waals surface area (Å²) in [5, 5.41) is 19.4. The Hall–Kier alpha value is -3.03. The molecule has 1 saturated heterocycles. The Kier molecular flexibility index (Phi) is 5.31. The minimum absolute atomic E-state index is 0.173. The van der Waals surface area contributed by atoms with Crippen LogP contribution in [-0.2, 0) is 0 Å². The molecule has 1 fully saturated rings. The smallest absolute Gasteiger partial charge is 0.153 e. The van der Waals surface area contributed by atoms with E-state index in [0.717, 1.165) is 41.0 Å². The number of hydrogen-bond donors (Lipinski definition) is 2. The van der Waals surface area contributed by atoms with Crippen LogP contribution in [-0.4, -0.2) is 38.6 Å². The zero-order valence-corrected chi connectivity index (χ0v) is 19.0. The van der Waals surface area contributed by atoms with Crippen LogP contribution < -0.4 is 10.2 Å². The maximum Gasteiger partial charge on any atom is 0.153 e. The van der Waals surface area contributed by atoms with Crippen LogP contribution >= 0.6 is 11.8 Å². The summed E-state index contributed by atoms with van der Waals surface area (Å²) in [6.07, 6.45) is 6.88. The Morgan fingerprint density at radius 3 is 2.75 bits per heavy atom. The molecule has 2 aliphatic heterocycles. The van der Waals surface area contributed by atoms with Gasteiger partial charge in [0.25, 0.3) is 0 Å². The van der Waals surface area contributed by atoms with Crippen molar-refractivity contribution in [2.45, 2.75) is 36.2 Å². The molecule has 0 spiro atoms. The highest BCUT2D eigenvalue weighted by Gasteiger charge is 2.29. The van der Waals surface area contributed by atoms with Gasteiger partial charge in [-0.25, -0.2) is 9.67 Å². The van der Waals surface area contributed by atoms with Crippen molar-refractivity contribution in [2.75, 3.05) is 23.3 Å². The van der Waals surface area contributed by atoms with Crippen LogP contribution in [0.15, 0.2) is 78.0 Å². The van der Waals surface area contributed by atoms with E-state index in [2.05, 4.69) is 65.6 Å². The topological polar surface area (TPSA) is 66.2 Å². The third-order valence-corrected chi connectivity index (χ3v) is 7.31. The maximum atomic E-state index is 10.3. The fourth-order valence-corrected chi connectivity index (χ4v) is 5.08. The summed E-state index contributed by atoms with van der Waals surface area (Å²) in [6, 6.07) is 12.6. The van der Waals surface area contributed by atoms with Crippen molar-refractivity contribution < 1.29 is 5.11 Å². The SMILES string of the molecule is C=CC1(O)CCN(c2ccc(-n3ccc(C(C)c4ccc5c(c4)SC(=C)N5)n3)nc2)CC1. The molecule has 4 heterocycles. The molecule has 0 aliphatic carbocycles. The Bertz CT molecular complexity index is 1160. The van der Waals surface area contributed by atoms with Crippen LogP contribution in [0.3, 0.4) is 0 Å². The van der Waals surface area contributed by atoms with Gasteiger partial charge < -0.3 is 15.3 Å². The fraction of sp³-hybridized carbons (Fsp3) is 0.280. The van der Waals surface area contributed by atoms with Crippen molar-refractivity contribution in [1.82, 2.24) is 14.8 Å². The van der Waals surface area contributed by atoms with Crippen molar-refractivity contribution in [3.63, 3.8) is 0 Å². The van der Waals surface area contributed by atoms with Crippen LogP contribution in [0.4, 0.5) is 11.4 Å². The summed E-state index contributed by atoms with van der Waals surface area (Å²) in [7, 11) is 0. The number of benzene rings is 1. The number of nitrogens with one attached hydrogen (secondary N) is 1. The molecular formula is C25H27N5OS. The number of aliphatic hydroxyl groups is 1. The minimum Gasteiger partial charge on any atom is -0.386 e. The van der Waals surface area contributed by atoms with Gasteiger partial charge >= 0.3 is 0 Å². The summed E-state index contributed by atoms with van der Waals surface area (Å²) < 4.78 is 1.83. The summed E-state index contributed by atoms with van der Waals surface area (Å²) in [6.45, 7) is 11.5. The number of fused-ring (bicyclic) bond motifs is 1. The first-order chi connectivity index (χ1) is 15.4. The molecule has 2 aromatic heterocycles. The van der Waals surface area contributed by atoms with Gasteiger partial charge in [-0.3, -0.25) is 0 Å². The molecule has 0 bridgehead atoms. The Balaban J connectivity index is 1.29. The minimum atomic E-state index is -0.742. The van der Waals surface area contributed by atoms with Crippen molar-refractivity contribution >= 4 is 23.1 Å². The van der Waals surface area contributed by atoms with E-state index in [1.807, 2.05) is 23.1 Å². The number of aromatic nitrogens is 3. The zero-order valence-electron chi connectivity index (χ0n) is 18.2. The molecule has 3 aromatic rings. The van der Waals surface area contributed by atoms with Crippen LogP contribution in [0.25, 0.3) is 5.82 Å². The van der Waals surface area contributed by atoms with Gasteiger partial charge in [0, 0.05) is 30.1 Å². The van der Waals surface area contributed by atoms with Gasteiger partial charge in [-0.05, 0) is 48.7 Å². The average Bonchev–Trinajstić information content (AvgIpc) is 3.45. The number of rotatable bonds is 5. The lowest BCUT2D eigenvalue weighted by atomic mass is 9.91. The fourth-order valence-electron chi connectivity index (χ4n) is 4.23. The molecule has 5 rings (SSSR count). The summed E-state index contributed by atoms with van der Waals surface area (Å²) >= 11 is 1.67. The van der Waals surface area contributed by atoms with E-state index in [1.54, 1.807) is 17.8 Å². The monoisotopic (exact) mass is 445 g/mol. The van der Waals surface area contributed by atoms with Crippen LogP contribution in [0.2, 0.25) is 0 Å². The Morgan fingerprint density at radius 2 is 2.03 bits per heavy atom. The Labute approximate surface area is 192 Å². The van der Waals surface area contributed by atoms with Gasteiger partial charge in [-0.15, -0.1) is 6.58 Å². The third-order valence-electron chi connectivity index (χ3n) is 6.41. The molecule has 2 aliphatic rings. The van der Waals surface area contributed by atoms with Crippen molar-refractivity contribution in [2.24, 2.45) is 0 Å². The van der Waals surface area contributed by atoms with Gasteiger partial charge in [-0.1, -0.05) is 37.4 Å². The molecule has 1 aromatic carbocycles. The van der Waals surface area contributed by atoms with E-state index in [4.69, 9.17) is 5.10 Å². The maximum absolute atomic E-state index is 10.3. The number of pyridine rings is 1. The van der Waals surface area contributed by atoms with Crippen LogP contribution in [0.5, 0.6) is 0 Å². The van der Waals surface area contributed by atoms with Gasteiger partial charge in [-0.2, -0.15) is 5.10 Å². The second kappa shape index (κ2) is 8.15. The number of nitrogens with zero attached hydrogens (tertiary/aromatic N) is 4. The lowest BCUT2D eigenvalue weighted by molar-refractivity contribution is 0.0650. The third kappa shape index (κ3) is 3.94. The molecule has 0 radical (unpaired) electrons. The van der Waals surface area contributed by atoms with Gasteiger partial charge in [0.15, 0.2) is 5.82 Å². The van der Waals surface area contributed by atoms with Gasteiger partial charge in [0.2, 0.25) is 0 Å². The standard InChI is InChI=1S/C25H27N5OS/c1-4-25(31)10-13-29(14-11-25)20-6-8-24(26-16-20)30-12-9-21(28-30)17(2)19-5-7-22-23(15-19)32-18(3)27-22/h4-9,12,15-17,27,31H,1,3,10-11,13-14H2,2H3. The van der Waals surface area contributed by atoms with Crippen molar-refractivity contribution in [3.05, 3.63) is 84.3 Å². The highest BCUT2D eigenvalue weighted by atomic mass is 32.2. The second-order valence-electron chi connectivity index (χ2n) is 8.48. The van der Waals surface area contributed by atoms with E-state index < -0.39 is 5.60 Å². The molecular weight excluding hydrogens is 418 g/mol. The number of thioether (sulfide) groups is 1. The quantitative estimate of drug-likeness (QED) is 0.543. The van der Waals surface area contributed by atoms with E-state index >= 15 is 0 Å². The highest BCUT2D eigenvalue weighted by Crippen LogP contribution is 2.41. The zero-order chi connectivity index (χ0) is 22.3. The Morgan fingerprint density at radius 1 is 1.22 bits per heavy atom. The number of piperidine rings is 1. The van der Waals surface area contributed by atoms with E-state index in [1.165, 1.54) is 10.5 Å². The molecule has 2 N–H and O–H groups in total.